The van der Waals surface area contributed by atoms with Crippen molar-refractivity contribution in [3.63, 3.8) is 0 Å². The van der Waals surface area contributed by atoms with E-state index in [-0.39, 0.29) is 5.41 Å². The molecule has 0 saturated heterocycles. The van der Waals surface area contributed by atoms with Gasteiger partial charge in [-0.25, -0.2) is 0 Å². The van der Waals surface area contributed by atoms with E-state index in [1.165, 1.54) is 33.5 Å². The third-order valence-electron chi connectivity index (χ3n) is 4.48. The number of rotatable bonds is 1. The molecule has 0 bridgehead atoms. The lowest BCUT2D eigenvalue weighted by Crippen LogP contribution is -2.12. The zero-order chi connectivity index (χ0) is 15.2. The maximum atomic E-state index is 3.70. The Morgan fingerprint density at radius 3 is 2.29 bits per heavy atom. The quantitative estimate of drug-likeness (QED) is 0.746. The molecule has 1 N–H and O–H groups in total. The van der Waals surface area contributed by atoms with Crippen molar-refractivity contribution in [2.24, 2.45) is 0 Å². The summed E-state index contributed by atoms with van der Waals surface area (Å²) < 4.78 is 0. The van der Waals surface area contributed by atoms with Gasteiger partial charge in [0.05, 0.1) is 6.04 Å². The maximum Gasteiger partial charge on any atom is 0.0555 e. The zero-order valence-electron chi connectivity index (χ0n) is 13.7. The van der Waals surface area contributed by atoms with E-state index in [9.17, 15) is 0 Å². The van der Waals surface area contributed by atoms with Crippen LogP contribution in [0.4, 0.5) is 5.69 Å². The molecule has 3 rings (SSSR count). The van der Waals surface area contributed by atoms with Crippen LogP contribution in [0.1, 0.15) is 54.6 Å². The second kappa shape index (κ2) is 4.91. The van der Waals surface area contributed by atoms with Crippen LogP contribution in [0.5, 0.6) is 0 Å². The summed E-state index contributed by atoms with van der Waals surface area (Å²) in [7, 11) is 0. The van der Waals surface area contributed by atoms with Gasteiger partial charge in [0.25, 0.3) is 0 Å². The largest absolute Gasteiger partial charge is 0.377 e. The number of hydrogen-bond donors (Lipinski definition) is 1. The monoisotopic (exact) mass is 279 g/mol. The van der Waals surface area contributed by atoms with Gasteiger partial charge in [-0.2, -0.15) is 0 Å². The molecule has 2 aromatic rings. The Bertz CT molecular complexity index is 659. The molecular formula is C20H25N. The molecule has 1 heteroatoms. The van der Waals surface area contributed by atoms with Gasteiger partial charge in [-0.1, -0.05) is 62.7 Å². The second-order valence-corrected chi connectivity index (χ2v) is 7.39. The first-order chi connectivity index (χ1) is 9.84. The summed E-state index contributed by atoms with van der Waals surface area (Å²) in [4.78, 5) is 0. The minimum absolute atomic E-state index is 0.221. The third-order valence-corrected chi connectivity index (χ3v) is 4.48. The molecule has 2 aromatic carbocycles. The van der Waals surface area contributed by atoms with Crippen LogP contribution in [0.3, 0.4) is 0 Å². The van der Waals surface area contributed by atoms with Gasteiger partial charge in [0.2, 0.25) is 0 Å². The standard InChI is InChI=1S/C20H25N/c1-13-10-14(2)19-16(11-13)12-18(21-19)15-6-8-17(9-7-15)20(3,4)5/h6-11,18,21H,12H2,1-5H3. The Kier molecular flexibility index (Phi) is 3.32. The van der Waals surface area contributed by atoms with Crippen LogP contribution in [-0.2, 0) is 11.8 Å². The van der Waals surface area contributed by atoms with Crippen molar-refractivity contribution in [2.45, 2.75) is 52.5 Å². The molecule has 1 nitrogen and oxygen atoms in total. The molecule has 1 aliphatic rings. The van der Waals surface area contributed by atoms with Gasteiger partial charge in [0, 0.05) is 5.69 Å². The van der Waals surface area contributed by atoms with Crippen molar-refractivity contribution in [3.05, 3.63) is 64.2 Å². The van der Waals surface area contributed by atoms with Crippen LogP contribution >= 0.6 is 0 Å². The first kappa shape index (κ1) is 14.2. The van der Waals surface area contributed by atoms with Gasteiger partial charge in [-0.3, -0.25) is 0 Å². The first-order valence-electron chi connectivity index (χ1n) is 7.82. The summed E-state index contributed by atoms with van der Waals surface area (Å²) in [6, 6.07) is 14.1. The smallest absolute Gasteiger partial charge is 0.0555 e. The molecule has 0 saturated carbocycles. The van der Waals surface area contributed by atoms with Gasteiger partial charge < -0.3 is 5.32 Å². The molecule has 1 atom stereocenters. The van der Waals surface area contributed by atoms with Crippen molar-refractivity contribution >= 4 is 5.69 Å². The van der Waals surface area contributed by atoms with Crippen LogP contribution in [0.25, 0.3) is 0 Å². The van der Waals surface area contributed by atoms with Crippen LogP contribution in [0.15, 0.2) is 36.4 Å². The first-order valence-corrected chi connectivity index (χ1v) is 7.82. The molecule has 1 heterocycles. The van der Waals surface area contributed by atoms with Gasteiger partial charge >= 0.3 is 0 Å². The highest BCUT2D eigenvalue weighted by atomic mass is 15.0. The Hall–Kier alpha value is -1.76. The van der Waals surface area contributed by atoms with Crippen molar-refractivity contribution in [2.75, 3.05) is 5.32 Å². The minimum Gasteiger partial charge on any atom is -0.377 e. The number of benzene rings is 2. The number of anilines is 1. The van der Waals surface area contributed by atoms with E-state index in [4.69, 9.17) is 0 Å². The molecule has 1 unspecified atom stereocenters. The lowest BCUT2D eigenvalue weighted by atomic mass is 9.86. The molecule has 0 radical (unpaired) electrons. The van der Waals surface area contributed by atoms with Crippen molar-refractivity contribution in [1.82, 2.24) is 0 Å². The number of aryl methyl sites for hydroxylation is 2. The van der Waals surface area contributed by atoms with Crippen LogP contribution in [-0.4, -0.2) is 0 Å². The zero-order valence-corrected chi connectivity index (χ0v) is 13.7. The Balaban J connectivity index is 1.86. The molecule has 21 heavy (non-hydrogen) atoms. The Labute approximate surface area is 128 Å². The fourth-order valence-corrected chi connectivity index (χ4v) is 3.28. The average molecular weight is 279 g/mol. The fraction of sp³-hybridized carbons (Fsp3) is 0.400. The van der Waals surface area contributed by atoms with E-state index in [1.807, 2.05) is 0 Å². The predicted octanol–water partition coefficient (Wildman–Crippen LogP) is 5.31. The normalized spacial score (nSPS) is 17.5. The lowest BCUT2D eigenvalue weighted by Gasteiger charge is -2.20. The maximum absolute atomic E-state index is 3.70. The van der Waals surface area contributed by atoms with Gasteiger partial charge in [-0.05, 0) is 47.9 Å². The highest BCUT2D eigenvalue weighted by Gasteiger charge is 2.24. The highest BCUT2D eigenvalue weighted by molar-refractivity contribution is 5.64. The van der Waals surface area contributed by atoms with Gasteiger partial charge in [0.1, 0.15) is 0 Å². The summed E-state index contributed by atoms with van der Waals surface area (Å²) in [6.07, 6.45) is 1.09. The third kappa shape index (κ3) is 2.70. The van der Waals surface area contributed by atoms with Crippen molar-refractivity contribution in [1.29, 1.82) is 0 Å². The van der Waals surface area contributed by atoms with E-state index in [2.05, 4.69) is 76.3 Å². The summed E-state index contributed by atoms with van der Waals surface area (Å²) in [5.74, 6) is 0. The van der Waals surface area contributed by atoms with E-state index >= 15 is 0 Å². The Morgan fingerprint density at radius 2 is 1.67 bits per heavy atom. The molecular weight excluding hydrogens is 254 g/mol. The fourth-order valence-electron chi connectivity index (χ4n) is 3.28. The molecule has 0 amide bonds. The average Bonchev–Trinajstić information content (AvgIpc) is 2.82. The second-order valence-electron chi connectivity index (χ2n) is 7.39. The minimum atomic E-state index is 0.221. The highest BCUT2D eigenvalue weighted by Crippen LogP contribution is 2.37. The molecule has 0 fully saturated rings. The van der Waals surface area contributed by atoms with Crippen LogP contribution in [0, 0.1) is 13.8 Å². The van der Waals surface area contributed by atoms with Crippen LogP contribution in [0.2, 0.25) is 0 Å². The van der Waals surface area contributed by atoms with Crippen molar-refractivity contribution in [3.8, 4) is 0 Å². The molecule has 0 aromatic heterocycles. The topological polar surface area (TPSA) is 12.0 Å². The SMILES string of the molecule is Cc1cc(C)c2c(c1)CC(c1ccc(C(C)(C)C)cc1)N2. The van der Waals surface area contributed by atoms with E-state index in [1.54, 1.807) is 0 Å². The Morgan fingerprint density at radius 1 is 1.00 bits per heavy atom. The van der Waals surface area contributed by atoms with Gasteiger partial charge in [0.15, 0.2) is 0 Å². The van der Waals surface area contributed by atoms with Crippen molar-refractivity contribution < 1.29 is 0 Å². The summed E-state index contributed by atoms with van der Waals surface area (Å²) in [5, 5.41) is 3.70. The summed E-state index contributed by atoms with van der Waals surface area (Å²) in [6.45, 7) is 11.2. The predicted molar refractivity (Wildman–Crippen MR) is 91.1 cm³/mol. The van der Waals surface area contributed by atoms with E-state index in [0.29, 0.717) is 6.04 Å². The molecule has 0 aliphatic carbocycles. The van der Waals surface area contributed by atoms with E-state index in [0.717, 1.165) is 6.42 Å². The number of nitrogens with one attached hydrogen (secondary N) is 1. The molecule has 1 aliphatic heterocycles. The lowest BCUT2D eigenvalue weighted by molar-refractivity contribution is 0.589. The number of fused-ring (bicyclic) bond motifs is 1. The molecule has 110 valence electrons. The number of hydrogen-bond acceptors (Lipinski definition) is 1. The molecule has 0 spiro atoms. The summed E-state index contributed by atoms with van der Waals surface area (Å²) >= 11 is 0. The van der Waals surface area contributed by atoms with Crippen LogP contribution < -0.4 is 5.32 Å². The van der Waals surface area contributed by atoms with Gasteiger partial charge in [-0.15, -0.1) is 0 Å². The van der Waals surface area contributed by atoms with E-state index < -0.39 is 0 Å². The summed E-state index contributed by atoms with van der Waals surface area (Å²) in [5.41, 5.74) is 8.52.